The molecule has 2 rings (SSSR count). The van der Waals surface area contributed by atoms with E-state index in [-0.39, 0.29) is 6.61 Å². The Morgan fingerprint density at radius 1 is 1.55 bits per heavy atom. The molecule has 1 aliphatic heterocycles. The minimum Gasteiger partial charge on any atom is -0.479 e. The van der Waals surface area contributed by atoms with Crippen LogP contribution in [0.3, 0.4) is 0 Å². The van der Waals surface area contributed by atoms with Gasteiger partial charge in [0, 0.05) is 24.3 Å². The van der Waals surface area contributed by atoms with Gasteiger partial charge in [-0.3, -0.25) is 0 Å². The summed E-state index contributed by atoms with van der Waals surface area (Å²) in [5.41, 5.74) is 1.06. The molecule has 1 heterocycles. The Labute approximate surface area is 121 Å². The molecule has 0 aromatic heterocycles. The van der Waals surface area contributed by atoms with Crippen molar-refractivity contribution in [3.63, 3.8) is 0 Å². The van der Waals surface area contributed by atoms with Crippen molar-refractivity contribution in [3.8, 4) is 11.8 Å². The normalized spacial score (nSPS) is 20.9. The number of anilines is 1. The lowest BCUT2D eigenvalue weighted by molar-refractivity contribution is 0.197. The van der Waals surface area contributed by atoms with Gasteiger partial charge in [-0.25, -0.2) is 0 Å². The van der Waals surface area contributed by atoms with E-state index in [0.717, 1.165) is 18.0 Å². The first kappa shape index (κ1) is 14.7. The van der Waals surface area contributed by atoms with Crippen LogP contribution >= 0.6 is 0 Å². The lowest BCUT2D eigenvalue weighted by Crippen LogP contribution is -2.39. The van der Waals surface area contributed by atoms with Gasteiger partial charge in [-0.15, -0.1) is 0 Å². The number of likely N-dealkylation sites (tertiary alicyclic amines) is 1. The van der Waals surface area contributed by atoms with Crippen LogP contribution in [-0.2, 0) is 0 Å². The SMILES string of the molecule is CC(Nc1cccc(OCC#N)c1)C1CCCN(C)C1. The topological polar surface area (TPSA) is 48.3 Å². The standard InChI is InChI=1S/C16H23N3O/c1-13(14-5-4-9-19(2)12-14)18-15-6-3-7-16(11-15)20-10-8-17/h3,6-7,11,13-14,18H,4-5,9-10,12H2,1-2H3. The predicted molar refractivity (Wildman–Crippen MR) is 80.9 cm³/mol. The Bertz CT molecular complexity index is 469. The summed E-state index contributed by atoms with van der Waals surface area (Å²) in [7, 11) is 2.19. The fraction of sp³-hybridized carbons (Fsp3) is 0.562. The number of nitrogens with one attached hydrogen (secondary N) is 1. The van der Waals surface area contributed by atoms with Crippen LogP contribution in [0.1, 0.15) is 19.8 Å². The van der Waals surface area contributed by atoms with Crippen molar-refractivity contribution in [2.24, 2.45) is 5.92 Å². The van der Waals surface area contributed by atoms with E-state index < -0.39 is 0 Å². The van der Waals surface area contributed by atoms with Gasteiger partial charge in [0.15, 0.2) is 6.61 Å². The summed E-state index contributed by atoms with van der Waals surface area (Å²) in [6.45, 7) is 4.69. The van der Waals surface area contributed by atoms with E-state index >= 15 is 0 Å². The van der Waals surface area contributed by atoms with E-state index in [4.69, 9.17) is 10.00 Å². The minimum atomic E-state index is 0.0897. The van der Waals surface area contributed by atoms with Crippen LogP contribution in [0.25, 0.3) is 0 Å². The lowest BCUT2D eigenvalue weighted by Gasteiger charge is -2.34. The number of nitriles is 1. The molecule has 0 spiro atoms. The number of piperidine rings is 1. The van der Waals surface area contributed by atoms with Gasteiger partial charge in [-0.1, -0.05) is 6.07 Å². The molecular weight excluding hydrogens is 250 g/mol. The van der Waals surface area contributed by atoms with Crippen molar-refractivity contribution in [2.45, 2.75) is 25.8 Å². The molecule has 1 N–H and O–H groups in total. The molecule has 2 unspecified atom stereocenters. The molecule has 20 heavy (non-hydrogen) atoms. The highest BCUT2D eigenvalue weighted by Gasteiger charge is 2.22. The Morgan fingerprint density at radius 3 is 3.15 bits per heavy atom. The molecule has 1 aromatic carbocycles. The van der Waals surface area contributed by atoms with Crippen molar-refractivity contribution >= 4 is 5.69 Å². The second-order valence-corrected chi connectivity index (χ2v) is 5.57. The molecule has 0 saturated carbocycles. The van der Waals surface area contributed by atoms with Crippen LogP contribution in [0.2, 0.25) is 0 Å². The van der Waals surface area contributed by atoms with Crippen molar-refractivity contribution in [1.82, 2.24) is 4.90 Å². The molecule has 0 aliphatic carbocycles. The van der Waals surface area contributed by atoms with E-state index in [0.29, 0.717) is 12.0 Å². The second kappa shape index (κ2) is 7.16. The van der Waals surface area contributed by atoms with E-state index in [2.05, 4.69) is 24.2 Å². The predicted octanol–water partition coefficient (Wildman–Crippen LogP) is 2.73. The summed E-state index contributed by atoms with van der Waals surface area (Å²) in [4.78, 5) is 2.40. The minimum absolute atomic E-state index is 0.0897. The Kier molecular flexibility index (Phi) is 5.25. The Morgan fingerprint density at radius 2 is 2.40 bits per heavy atom. The summed E-state index contributed by atoms with van der Waals surface area (Å²) in [5, 5.41) is 12.1. The molecule has 4 heteroatoms. The summed E-state index contributed by atoms with van der Waals surface area (Å²) in [5.74, 6) is 1.42. The van der Waals surface area contributed by atoms with Gasteiger partial charge in [0.2, 0.25) is 0 Å². The summed E-state index contributed by atoms with van der Waals surface area (Å²) < 4.78 is 5.33. The number of hydrogen-bond donors (Lipinski definition) is 1. The van der Waals surface area contributed by atoms with Gasteiger partial charge in [0.05, 0.1) is 0 Å². The van der Waals surface area contributed by atoms with Crippen LogP contribution < -0.4 is 10.1 Å². The van der Waals surface area contributed by atoms with E-state index in [1.54, 1.807) is 0 Å². The van der Waals surface area contributed by atoms with Gasteiger partial charge in [0.1, 0.15) is 11.8 Å². The summed E-state index contributed by atoms with van der Waals surface area (Å²) >= 11 is 0. The Balaban J connectivity index is 1.93. The van der Waals surface area contributed by atoms with Crippen molar-refractivity contribution in [1.29, 1.82) is 5.26 Å². The van der Waals surface area contributed by atoms with Gasteiger partial charge in [-0.05, 0) is 51.4 Å². The molecule has 1 aromatic rings. The average molecular weight is 273 g/mol. The van der Waals surface area contributed by atoms with Crippen LogP contribution in [-0.4, -0.2) is 37.7 Å². The van der Waals surface area contributed by atoms with Crippen molar-refractivity contribution in [3.05, 3.63) is 24.3 Å². The maximum Gasteiger partial charge on any atom is 0.174 e. The maximum absolute atomic E-state index is 8.54. The molecule has 108 valence electrons. The zero-order valence-corrected chi connectivity index (χ0v) is 12.3. The molecule has 1 fully saturated rings. The van der Waals surface area contributed by atoms with Crippen molar-refractivity contribution < 1.29 is 4.74 Å². The smallest absolute Gasteiger partial charge is 0.174 e. The largest absolute Gasteiger partial charge is 0.479 e. The van der Waals surface area contributed by atoms with Gasteiger partial charge >= 0.3 is 0 Å². The van der Waals surface area contributed by atoms with Crippen LogP contribution in [0.5, 0.6) is 5.75 Å². The van der Waals surface area contributed by atoms with Gasteiger partial charge in [-0.2, -0.15) is 5.26 Å². The summed E-state index contributed by atoms with van der Waals surface area (Å²) in [6, 6.07) is 10.3. The third-order valence-electron chi connectivity index (χ3n) is 3.90. The highest BCUT2D eigenvalue weighted by atomic mass is 16.5. The number of ether oxygens (including phenoxy) is 1. The molecule has 0 radical (unpaired) electrons. The average Bonchev–Trinajstić information content (AvgIpc) is 2.45. The van der Waals surface area contributed by atoms with E-state index in [1.165, 1.54) is 19.4 Å². The fourth-order valence-corrected chi connectivity index (χ4v) is 2.79. The molecular formula is C16H23N3O. The third kappa shape index (κ3) is 4.14. The second-order valence-electron chi connectivity index (χ2n) is 5.57. The zero-order valence-electron chi connectivity index (χ0n) is 12.3. The molecule has 4 nitrogen and oxygen atoms in total. The maximum atomic E-state index is 8.54. The fourth-order valence-electron chi connectivity index (χ4n) is 2.79. The number of rotatable bonds is 5. The quantitative estimate of drug-likeness (QED) is 0.896. The summed E-state index contributed by atoms with van der Waals surface area (Å²) in [6.07, 6.45) is 2.56. The highest BCUT2D eigenvalue weighted by Crippen LogP contribution is 2.23. The first-order valence-corrected chi connectivity index (χ1v) is 7.24. The number of nitrogens with zero attached hydrogens (tertiary/aromatic N) is 2. The molecule has 1 saturated heterocycles. The van der Waals surface area contributed by atoms with E-state index in [9.17, 15) is 0 Å². The van der Waals surface area contributed by atoms with Gasteiger partial charge in [0.25, 0.3) is 0 Å². The third-order valence-corrected chi connectivity index (χ3v) is 3.90. The van der Waals surface area contributed by atoms with Crippen LogP contribution in [0, 0.1) is 17.2 Å². The van der Waals surface area contributed by atoms with Crippen molar-refractivity contribution in [2.75, 3.05) is 32.1 Å². The van der Waals surface area contributed by atoms with Gasteiger partial charge < -0.3 is 15.0 Å². The van der Waals surface area contributed by atoms with Crippen LogP contribution in [0.15, 0.2) is 24.3 Å². The van der Waals surface area contributed by atoms with E-state index in [1.807, 2.05) is 30.3 Å². The lowest BCUT2D eigenvalue weighted by atomic mass is 9.92. The first-order valence-electron chi connectivity index (χ1n) is 7.24. The first-order chi connectivity index (χ1) is 9.69. The molecule has 2 atom stereocenters. The zero-order chi connectivity index (χ0) is 14.4. The number of benzene rings is 1. The molecule has 0 bridgehead atoms. The monoisotopic (exact) mass is 273 g/mol. The number of hydrogen-bond acceptors (Lipinski definition) is 4. The Hall–Kier alpha value is -1.73. The molecule has 0 amide bonds. The molecule has 1 aliphatic rings. The van der Waals surface area contributed by atoms with Crippen LogP contribution in [0.4, 0.5) is 5.69 Å². The highest BCUT2D eigenvalue weighted by molar-refractivity contribution is 5.48.